The van der Waals surface area contributed by atoms with Crippen LogP contribution in [0.3, 0.4) is 0 Å². The number of hydrogen-bond acceptors (Lipinski definition) is 3. The van der Waals surface area contributed by atoms with Gasteiger partial charge in [0.2, 0.25) is 0 Å². The van der Waals surface area contributed by atoms with E-state index >= 15 is 0 Å². The number of aliphatic hydroxyl groups excluding tert-OH is 1. The van der Waals surface area contributed by atoms with Crippen molar-refractivity contribution in [1.29, 1.82) is 0 Å². The Morgan fingerprint density at radius 1 is 1.73 bits per heavy atom. The molecule has 2 fully saturated rings. The van der Waals surface area contributed by atoms with Crippen LogP contribution in [0.5, 0.6) is 0 Å². The normalized spacial score (nSPS) is 44.7. The SMILES string of the molecule is CN1C[C@H]2CNC[C@]2(CO)C1. The van der Waals surface area contributed by atoms with Crippen molar-refractivity contribution < 1.29 is 5.11 Å². The number of fused-ring (bicyclic) bond motifs is 1. The van der Waals surface area contributed by atoms with Crippen molar-refractivity contribution >= 4 is 0 Å². The molecule has 2 saturated heterocycles. The summed E-state index contributed by atoms with van der Waals surface area (Å²) in [6.07, 6.45) is 0. The van der Waals surface area contributed by atoms with Gasteiger partial charge in [-0.3, -0.25) is 0 Å². The fraction of sp³-hybridized carbons (Fsp3) is 1.00. The molecule has 2 aliphatic rings. The van der Waals surface area contributed by atoms with Crippen LogP contribution in [0.1, 0.15) is 0 Å². The first-order chi connectivity index (χ1) is 5.27. The first-order valence-corrected chi connectivity index (χ1v) is 4.27. The zero-order valence-electron chi connectivity index (χ0n) is 7.01. The maximum Gasteiger partial charge on any atom is 0.0515 e. The van der Waals surface area contributed by atoms with E-state index in [1.165, 1.54) is 0 Å². The number of rotatable bonds is 1. The van der Waals surface area contributed by atoms with Crippen LogP contribution >= 0.6 is 0 Å². The number of nitrogens with one attached hydrogen (secondary N) is 1. The number of likely N-dealkylation sites (tertiary alicyclic amines) is 1. The van der Waals surface area contributed by atoms with Crippen LogP contribution in [0.25, 0.3) is 0 Å². The quantitative estimate of drug-likeness (QED) is 0.518. The summed E-state index contributed by atoms with van der Waals surface area (Å²) in [5, 5.41) is 12.6. The summed E-state index contributed by atoms with van der Waals surface area (Å²) >= 11 is 0. The van der Waals surface area contributed by atoms with Crippen LogP contribution in [-0.4, -0.2) is 49.8 Å². The van der Waals surface area contributed by atoms with Gasteiger partial charge in [-0.05, 0) is 19.5 Å². The Morgan fingerprint density at radius 2 is 2.55 bits per heavy atom. The molecule has 0 aliphatic carbocycles. The Morgan fingerprint density at radius 3 is 3.18 bits per heavy atom. The van der Waals surface area contributed by atoms with Gasteiger partial charge in [0.05, 0.1) is 6.61 Å². The zero-order chi connectivity index (χ0) is 7.90. The molecule has 0 aromatic carbocycles. The van der Waals surface area contributed by atoms with Crippen LogP contribution < -0.4 is 5.32 Å². The summed E-state index contributed by atoms with van der Waals surface area (Å²) in [5.74, 6) is 0.678. The van der Waals surface area contributed by atoms with Crippen LogP contribution in [-0.2, 0) is 0 Å². The molecule has 3 nitrogen and oxygen atoms in total. The van der Waals surface area contributed by atoms with E-state index in [9.17, 15) is 5.11 Å². The summed E-state index contributed by atoms with van der Waals surface area (Å²) in [5.41, 5.74) is 0.189. The second-order valence-electron chi connectivity index (χ2n) is 4.05. The van der Waals surface area contributed by atoms with Crippen molar-refractivity contribution in [2.75, 3.05) is 39.8 Å². The number of aliphatic hydroxyl groups is 1. The smallest absolute Gasteiger partial charge is 0.0515 e. The van der Waals surface area contributed by atoms with Gasteiger partial charge in [-0.15, -0.1) is 0 Å². The summed E-state index contributed by atoms with van der Waals surface area (Å²) in [4.78, 5) is 2.32. The van der Waals surface area contributed by atoms with E-state index in [0.717, 1.165) is 26.2 Å². The van der Waals surface area contributed by atoms with Gasteiger partial charge in [-0.25, -0.2) is 0 Å². The Bertz CT molecular complexity index is 162. The summed E-state index contributed by atoms with van der Waals surface area (Å²) in [6.45, 7) is 4.63. The first kappa shape index (κ1) is 7.53. The van der Waals surface area contributed by atoms with Gasteiger partial charge in [0, 0.05) is 25.0 Å². The molecule has 0 radical (unpaired) electrons. The molecule has 0 amide bonds. The third-order valence-electron chi connectivity index (χ3n) is 3.17. The largest absolute Gasteiger partial charge is 0.396 e. The molecule has 0 unspecified atom stereocenters. The molecule has 0 bridgehead atoms. The molecule has 3 heteroatoms. The molecule has 2 aliphatic heterocycles. The minimum atomic E-state index is 0.189. The Labute approximate surface area is 67.4 Å². The van der Waals surface area contributed by atoms with Gasteiger partial charge < -0.3 is 15.3 Å². The second-order valence-corrected chi connectivity index (χ2v) is 4.05. The fourth-order valence-electron chi connectivity index (χ4n) is 2.51. The van der Waals surface area contributed by atoms with E-state index in [1.807, 2.05) is 0 Å². The molecule has 11 heavy (non-hydrogen) atoms. The van der Waals surface area contributed by atoms with Crippen molar-refractivity contribution in [2.45, 2.75) is 0 Å². The van der Waals surface area contributed by atoms with Crippen LogP contribution in [0.2, 0.25) is 0 Å². The molecule has 0 aromatic heterocycles. The predicted octanol–water partition coefficient (Wildman–Crippen LogP) is -0.870. The van der Waals surface area contributed by atoms with Gasteiger partial charge >= 0.3 is 0 Å². The third kappa shape index (κ3) is 0.991. The van der Waals surface area contributed by atoms with Crippen molar-refractivity contribution in [3.8, 4) is 0 Å². The highest BCUT2D eigenvalue weighted by Gasteiger charge is 2.47. The minimum absolute atomic E-state index is 0.189. The van der Waals surface area contributed by atoms with E-state index in [-0.39, 0.29) is 5.41 Å². The van der Waals surface area contributed by atoms with Crippen molar-refractivity contribution in [1.82, 2.24) is 10.2 Å². The second kappa shape index (κ2) is 2.44. The van der Waals surface area contributed by atoms with Crippen molar-refractivity contribution in [3.05, 3.63) is 0 Å². The van der Waals surface area contributed by atoms with Gasteiger partial charge in [0.15, 0.2) is 0 Å². The Kier molecular flexibility index (Phi) is 1.67. The van der Waals surface area contributed by atoms with Crippen LogP contribution in [0.15, 0.2) is 0 Å². The van der Waals surface area contributed by atoms with Gasteiger partial charge in [-0.2, -0.15) is 0 Å². The molecule has 0 saturated carbocycles. The Hall–Kier alpha value is -0.120. The maximum atomic E-state index is 9.28. The molecular weight excluding hydrogens is 140 g/mol. The molecular formula is C8H16N2O. The van der Waals surface area contributed by atoms with E-state index in [1.54, 1.807) is 0 Å². The number of hydrogen-bond donors (Lipinski definition) is 2. The van der Waals surface area contributed by atoms with Crippen LogP contribution in [0.4, 0.5) is 0 Å². The lowest BCUT2D eigenvalue weighted by Gasteiger charge is -2.24. The summed E-state index contributed by atoms with van der Waals surface area (Å²) in [6, 6.07) is 0. The highest BCUT2D eigenvalue weighted by atomic mass is 16.3. The maximum absolute atomic E-state index is 9.28. The molecule has 64 valence electrons. The van der Waals surface area contributed by atoms with Crippen molar-refractivity contribution in [2.24, 2.45) is 11.3 Å². The average molecular weight is 156 g/mol. The lowest BCUT2D eigenvalue weighted by atomic mass is 9.82. The van der Waals surface area contributed by atoms with E-state index in [4.69, 9.17) is 0 Å². The fourth-order valence-corrected chi connectivity index (χ4v) is 2.51. The molecule has 2 heterocycles. The van der Waals surface area contributed by atoms with Crippen molar-refractivity contribution in [3.63, 3.8) is 0 Å². The Balaban J connectivity index is 2.15. The highest BCUT2D eigenvalue weighted by Crippen LogP contribution is 2.37. The van der Waals surface area contributed by atoms with Gasteiger partial charge in [0.1, 0.15) is 0 Å². The molecule has 2 N–H and O–H groups in total. The molecule has 0 aromatic rings. The zero-order valence-corrected chi connectivity index (χ0v) is 7.01. The lowest BCUT2D eigenvalue weighted by Crippen LogP contribution is -2.35. The first-order valence-electron chi connectivity index (χ1n) is 4.27. The highest BCUT2D eigenvalue weighted by molar-refractivity contribution is 5.01. The average Bonchev–Trinajstić information content (AvgIpc) is 2.43. The van der Waals surface area contributed by atoms with E-state index in [0.29, 0.717) is 12.5 Å². The summed E-state index contributed by atoms with van der Waals surface area (Å²) in [7, 11) is 2.13. The minimum Gasteiger partial charge on any atom is -0.396 e. The summed E-state index contributed by atoms with van der Waals surface area (Å²) < 4.78 is 0. The monoisotopic (exact) mass is 156 g/mol. The van der Waals surface area contributed by atoms with E-state index < -0.39 is 0 Å². The standard InChI is InChI=1S/C8H16N2O/c1-10-3-7-2-9-4-8(7,5-10)6-11/h7,9,11H,2-6H2,1H3/t7-,8-/m1/s1. The molecule has 2 rings (SSSR count). The predicted molar refractivity (Wildman–Crippen MR) is 43.4 cm³/mol. The van der Waals surface area contributed by atoms with E-state index in [2.05, 4.69) is 17.3 Å². The molecule has 2 atom stereocenters. The lowest BCUT2D eigenvalue weighted by molar-refractivity contribution is 0.127. The van der Waals surface area contributed by atoms with Gasteiger partial charge in [0.25, 0.3) is 0 Å². The van der Waals surface area contributed by atoms with Crippen LogP contribution in [0, 0.1) is 11.3 Å². The number of nitrogens with zero attached hydrogens (tertiary/aromatic N) is 1. The topological polar surface area (TPSA) is 35.5 Å². The van der Waals surface area contributed by atoms with Gasteiger partial charge in [-0.1, -0.05) is 0 Å². The third-order valence-corrected chi connectivity index (χ3v) is 3.17. The molecule has 0 spiro atoms.